The number of anilines is 1. The summed E-state index contributed by atoms with van der Waals surface area (Å²) in [7, 11) is 0. The Morgan fingerprint density at radius 2 is 1.83 bits per heavy atom. The van der Waals surface area contributed by atoms with E-state index in [1.807, 2.05) is 49.4 Å². The molecule has 7 heteroatoms. The van der Waals surface area contributed by atoms with E-state index in [-0.39, 0.29) is 29.7 Å². The highest BCUT2D eigenvalue weighted by Gasteiger charge is 2.32. The molecule has 0 spiro atoms. The molecule has 0 bridgehead atoms. The van der Waals surface area contributed by atoms with Gasteiger partial charge in [0.15, 0.2) is 0 Å². The van der Waals surface area contributed by atoms with Gasteiger partial charge >= 0.3 is 5.97 Å². The predicted molar refractivity (Wildman–Crippen MR) is 135 cm³/mol. The van der Waals surface area contributed by atoms with Crippen molar-refractivity contribution in [3.8, 4) is 0 Å². The number of aryl methyl sites for hydroxylation is 1. The van der Waals surface area contributed by atoms with Crippen LogP contribution in [0.5, 0.6) is 0 Å². The van der Waals surface area contributed by atoms with Gasteiger partial charge in [0, 0.05) is 24.4 Å². The van der Waals surface area contributed by atoms with Crippen LogP contribution in [-0.4, -0.2) is 26.8 Å². The standard InChI is InChI=1S/C28H31N3O4/c1-19-21(15-16-26(33)34)8-4-9-24(19)30-28(35)27(22-6-2-3-7-22)23-13-11-20(12-14-23)18-31-25(32)10-5-17-29-31/h4-5,8-14,17,22,27H,2-3,6-7,15-16,18H2,1H3,(H,30,35)(H,33,34). The molecule has 7 nitrogen and oxygen atoms in total. The monoisotopic (exact) mass is 473 g/mol. The molecule has 1 amide bonds. The van der Waals surface area contributed by atoms with E-state index in [4.69, 9.17) is 5.11 Å². The maximum atomic E-state index is 13.6. The molecule has 182 valence electrons. The maximum absolute atomic E-state index is 13.6. The first-order valence-corrected chi connectivity index (χ1v) is 12.1. The first-order valence-electron chi connectivity index (χ1n) is 12.1. The number of hydrogen-bond donors (Lipinski definition) is 2. The van der Waals surface area contributed by atoms with Gasteiger partial charge in [0.05, 0.1) is 12.5 Å². The lowest BCUT2D eigenvalue weighted by Crippen LogP contribution is -2.27. The van der Waals surface area contributed by atoms with Gasteiger partial charge in [0.1, 0.15) is 0 Å². The molecular weight excluding hydrogens is 442 g/mol. The van der Waals surface area contributed by atoms with Gasteiger partial charge in [-0.1, -0.05) is 49.2 Å². The van der Waals surface area contributed by atoms with Crippen molar-refractivity contribution in [3.05, 3.63) is 93.4 Å². The molecule has 0 radical (unpaired) electrons. The van der Waals surface area contributed by atoms with Crippen molar-refractivity contribution in [2.24, 2.45) is 5.92 Å². The van der Waals surface area contributed by atoms with Crippen LogP contribution in [0.15, 0.2) is 65.6 Å². The van der Waals surface area contributed by atoms with Crippen molar-refractivity contribution in [2.75, 3.05) is 5.32 Å². The number of aromatic nitrogens is 2. The third-order valence-corrected chi connectivity index (χ3v) is 6.92. The second-order valence-electron chi connectivity index (χ2n) is 9.26. The number of hydrogen-bond acceptors (Lipinski definition) is 4. The van der Waals surface area contributed by atoms with Gasteiger partial charge in [0.2, 0.25) is 5.91 Å². The van der Waals surface area contributed by atoms with Crippen molar-refractivity contribution < 1.29 is 14.7 Å². The van der Waals surface area contributed by atoms with Gasteiger partial charge in [-0.25, -0.2) is 4.68 Å². The molecule has 1 heterocycles. The summed E-state index contributed by atoms with van der Waals surface area (Å²) < 4.78 is 1.41. The summed E-state index contributed by atoms with van der Waals surface area (Å²) in [5.74, 6) is -0.874. The van der Waals surface area contributed by atoms with Crippen LogP contribution < -0.4 is 10.9 Å². The number of aliphatic carboxylic acids is 1. The molecule has 1 aliphatic carbocycles. The number of carbonyl (C=O) groups is 2. The van der Waals surface area contributed by atoms with E-state index >= 15 is 0 Å². The first kappa shape index (κ1) is 24.4. The average molecular weight is 474 g/mol. The number of benzene rings is 2. The van der Waals surface area contributed by atoms with Gasteiger partial charge in [-0.2, -0.15) is 5.10 Å². The summed E-state index contributed by atoms with van der Waals surface area (Å²) in [5, 5.41) is 16.3. The largest absolute Gasteiger partial charge is 0.481 e. The molecule has 2 aromatic carbocycles. The van der Waals surface area contributed by atoms with Crippen molar-refractivity contribution in [1.82, 2.24) is 9.78 Å². The summed E-state index contributed by atoms with van der Waals surface area (Å²) in [6.45, 7) is 2.30. The van der Waals surface area contributed by atoms with E-state index in [0.29, 0.717) is 13.0 Å². The second kappa shape index (κ2) is 11.1. The fourth-order valence-corrected chi connectivity index (χ4v) is 4.98. The molecule has 4 rings (SSSR count). The van der Waals surface area contributed by atoms with Crippen LogP contribution in [0.4, 0.5) is 5.69 Å². The molecular formula is C28H31N3O4. The van der Waals surface area contributed by atoms with Crippen LogP contribution in [0, 0.1) is 12.8 Å². The molecule has 1 aliphatic rings. The molecule has 1 saturated carbocycles. The number of nitrogens with zero attached hydrogens (tertiary/aromatic N) is 2. The summed E-state index contributed by atoms with van der Waals surface area (Å²) in [6.07, 6.45) is 6.35. The van der Waals surface area contributed by atoms with Gasteiger partial charge in [-0.15, -0.1) is 0 Å². The minimum Gasteiger partial charge on any atom is -0.481 e. The highest BCUT2D eigenvalue weighted by atomic mass is 16.4. The van der Waals surface area contributed by atoms with Gasteiger partial charge in [-0.3, -0.25) is 14.4 Å². The van der Waals surface area contributed by atoms with Crippen molar-refractivity contribution in [2.45, 2.75) is 57.9 Å². The number of carbonyl (C=O) groups excluding carboxylic acids is 1. The van der Waals surface area contributed by atoms with Crippen LogP contribution in [0.1, 0.15) is 60.3 Å². The summed E-state index contributed by atoms with van der Waals surface area (Å²) in [6, 6.07) is 16.7. The zero-order valence-corrected chi connectivity index (χ0v) is 19.9. The summed E-state index contributed by atoms with van der Waals surface area (Å²) in [5.41, 5.74) is 4.32. The zero-order valence-electron chi connectivity index (χ0n) is 19.9. The minimum absolute atomic E-state index is 0.0379. The highest BCUT2D eigenvalue weighted by Crippen LogP contribution is 2.38. The van der Waals surface area contributed by atoms with Crippen LogP contribution in [0.25, 0.3) is 0 Å². The third-order valence-electron chi connectivity index (χ3n) is 6.92. The van der Waals surface area contributed by atoms with E-state index in [1.165, 1.54) is 10.7 Å². The van der Waals surface area contributed by atoms with Crippen molar-refractivity contribution >= 4 is 17.6 Å². The Bertz CT molecular complexity index is 1240. The Hall–Kier alpha value is -3.74. The smallest absolute Gasteiger partial charge is 0.303 e. The third kappa shape index (κ3) is 6.04. The molecule has 1 aromatic heterocycles. The Morgan fingerprint density at radius 3 is 2.51 bits per heavy atom. The topological polar surface area (TPSA) is 101 Å². The van der Waals surface area contributed by atoms with Crippen LogP contribution in [0.2, 0.25) is 0 Å². The number of carboxylic acid groups (broad SMARTS) is 1. The summed E-state index contributed by atoms with van der Waals surface area (Å²) in [4.78, 5) is 36.6. The molecule has 1 atom stereocenters. The SMILES string of the molecule is Cc1c(CCC(=O)O)cccc1NC(=O)C(c1ccc(Cn2ncccc2=O)cc1)C1CCCC1. The van der Waals surface area contributed by atoms with E-state index in [2.05, 4.69) is 10.4 Å². The number of nitrogens with one attached hydrogen (secondary N) is 1. The molecule has 1 unspecified atom stereocenters. The maximum Gasteiger partial charge on any atom is 0.303 e. The molecule has 0 aliphatic heterocycles. The van der Waals surface area contributed by atoms with Crippen molar-refractivity contribution in [1.29, 1.82) is 0 Å². The fraction of sp³-hybridized carbons (Fsp3) is 0.357. The Labute approximate surface area is 204 Å². The first-order chi connectivity index (χ1) is 16.9. The van der Waals surface area contributed by atoms with Gasteiger partial charge in [0.25, 0.3) is 5.56 Å². The van der Waals surface area contributed by atoms with E-state index in [1.54, 1.807) is 12.3 Å². The normalized spacial score (nSPS) is 14.5. The Balaban J connectivity index is 1.54. The van der Waals surface area contributed by atoms with E-state index < -0.39 is 5.97 Å². The Morgan fingerprint density at radius 1 is 1.09 bits per heavy atom. The minimum atomic E-state index is -0.837. The highest BCUT2D eigenvalue weighted by molar-refractivity contribution is 5.96. The molecule has 35 heavy (non-hydrogen) atoms. The number of carboxylic acids is 1. The lowest BCUT2D eigenvalue weighted by molar-refractivity contribution is -0.137. The van der Waals surface area contributed by atoms with E-state index in [9.17, 15) is 14.4 Å². The molecule has 1 fully saturated rings. The van der Waals surface area contributed by atoms with Gasteiger partial charge < -0.3 is 10.4 Å². The zero-order chi connectivity index (χ0) is 24.8. The lowest BCUT2D eigenvalue weighted by Gasteiger charge is -2.24. The molecule has 2 N–H and O–H groups in total. The summed E-state index contributed by atoms with van der Waals surface area (Å²) >= 11 is 0. The van der Waals surface area contributed by atoms with Crippen LogP contribution >= 0.6 is 0 Å². The van der Waals surface area contributed by atoms with Gasteiger partial charge in [-0.05, 0) is 66.5 Å². The second-order valence-corrected chi connectivity index (χ2v) is 9.26. The lowest BCUT2D eigenvalue weighted by atomic mass is 9.83. The van der Waals surface area contributed by atoms with Crippen LogP contribution in [-0.2, 0) is 22.6 Å². The number of rotatable bonds is 9. The van der Waals surface area contributed by atoms with E-state index in [0.717, 1.165) is 53.6 Å². The quantitative estimate of drug-likeness (QED) is 0.476. The number of amides is 1. The predicted octanol–water partition coefficient (Wildman–Crippen LogP) is 4.53. The van der Waals surface area contributed by atoms with Crippen LogP contribution in [0.3, 0.4) is 0 Å². The average Bonchev–Trinajstić information content (AvgIpc) is 3.36. The Kier molecular flexibility index (Phi) is 7.75. The molecule has 0 saturated heterocycles. The van der Waals surface area contributed by atoms with Crippen molar-refractivity contribution in [3.63, 3.8) is 0 Å². The fourth-order valence-electron chi connectivity index (χ4n) is 4.98. The molecule has 3 aromatic rings.